The Morgan fingerprint density at radius 1 is 1.33 bits per heavy atom. The molecule has 134 valence electrons. The molecular weight excluding hydrogens is 308 g/mol. The summed E-state index contributed by atoms with van der Waals surface area (Å²) in [6.45, 7) is 8.93. The molecule has 0 aromatic carbocycles. The highest BCUT2D eigenvalue weighted by Crippen LogP contribution is 2.19. The number of β-amino-alcohol motifs (C(OH)–C–C–N with tert-alkyl or cyclic N) is 1. The highest BCUT2D eigenvalue weighted by molar-refractivity contribution is 5.76. The van der Waals surface area contributed by atoms with Gasteiger partial charge >= 0.3 is 0 Å². The van der Waals surface area contributed by atoms with Crippen LogP contribution < -0.4 is 0 Å². The van der Waals surface area contributed by atoms with Gasteiger partial charge in [-0.3, -0.25) is 14.4 Å². The van der Waals surface area contributed by atoms with E-state index in [9.17, 15) is 9.90 Å². The molecular formula is C17H28N4O3. The molecule has 7 nitrogen and oxygen atoms in total. The molecule has 3 rings (SSSR count). The number of aromatic nitrogens is 2. The highest BCUT2D eigenvalue weighted by atomic mass is 16.5. The summed E-state index contributed by atoms with van der Waals surface area (Å²) in [5, 5.41) is 14.7. The number of rotatable bonds is 5. The molecule has 1 aromatic rings. The van der Waals surface area contributed by atoms with E-state index in [1.165, 1.54) is 0 Å². The minimum Gasteiger partial charge on any atom is -0.390 e. The van der Waals surface area contributed by atoms with Gasteiger partial charge in [0.25, 0.3) is 0 Å². The van der Waals surface area contributed by atoms with Crippen LogP contribution in [0.2, 0.25) is 0 Å². The molecule has 1 aromatic heterocycles. The Hall–Kier alpha value is -1.44. The zero-order valence-corrected chi connectivity index (χ0v) is 14.6. The molecule has 1 N–H and O–H groups in total. The van der Waals surface area contributed by atoms with Crippen LogP contribution >= 0.6 is 0 Å². The van der Waals surface area contributed by atoms with Crippen LogP contribution in [0.15, 0.2) is 6.07 Å². The quantitative estimate of drug-likeness (QED) is 0.831. The number of morpholine rings is 1. The summed E-state index contributed by atoms with van der Waals surface area (Å²) in [4.78, 5) is 16.5. The second-order valence-electron chi connectivity index (χ2n) is 6.84. The first-order chi connectivity index (χ1) is 11.5. The van der Waals surface area contributed by atoms with Crippen LogP contribution in [0.5, 0.6) is 0 Å². The van der Waals surface area contributed by atoms with E-state index < -0.39 is 6.10 Å². The van der Waals surface area contributed by atoms with Gasteiger partial charge in [0.05, 0.1) is 31.1 Å². The van der Waals surface area contributed by atoms with E-state index in [1.807, 2.05) is 29.5 Å². The first-order valence-electron chi connectivity index (χ1n) is 8.83. The summed E-state index contributed by atoms with van der Waals surface area (Å²) in [6.07, 6.45) is 0.819. The van der Waals surface area contributed by atoms with Crippen LogP contribution in [-0.4, -0.2) is 82.1 Å². The first kappa shape index (κ1) is 17.4. The van der Waals surface area contributed by atoms with Gasteiger partial charge in [-0.2, -0.15) is 5.10 Å². The third kappa shape index (κ3) is 3.96. The lowest BCUT2D eigenvalue weighted by Gasteiger charge is -2.33. The fourth-order valence-electron chi connectivity index (χ4n) is 3.68. The number of hydrogen-bond acceptors (Lipinski definition) is 5. The van der Waals surface area contributed by atoms with Crippen molar-refractivity contribution in [2.45, 2.75) is 45.4 Å². The van der Waals surface area contributed by atoms with Gasteiger partial charge in [-0.25, -0.2) is 0 Å². The molecule has 3 heterocycles. The number of aliphatic hydroxyl groups excluding tert-OH is 1. The lowest BCUT2D eigenvalue weighted by molar-refractivity contribution is -0.130. The van der Waals surface area contributed by atoms with Gasteiger partial charge in [0.15, 0.2) is 0 Å². The second-order valence-corrected chi connectivity index (χ2v) is 6.84. The first-order valence-corrected chi connectivity index (χ1v) is 8.83. The summed E-state index contributed by atoms with van der Waals surface area (Å²) in [7, 11) is 0. The predicted octanol–water partition coefficient (Wildman–Crippen LogP) is 0.184. The monoisotopic (exact) mass is 336 g/mol. The molecule has 0 unspecified atom stereocenters. The summed E-state index contributed by atoms with van der Waals surface area (Å²) < 4.78 is 7.32. The summed E-state index contributed by atoms with van der Waals surface area (Å²) in [5.74, 6) is 0.131. The fourth-order valence-corrected chi connectivity index (χ4v) is 3.68. The van der Waals surface area contributed by atoms with Crippen molar-refractivity contribution in [1.29, 1.82) is 0 Å². The number of nitrogens with zero attached hydrogens (tertiary/aromatic N) is 4. The Kier molecular flexibility index (Phi) is 5.53. The molecule has 0 radical (unpaired) electrons. The van der Waals surface area contributed by atoms with E-state index in [4.69, 9.17) is 4.74 Å². The molecule has 1 amide bonds. The maximum atomic E-state index is 12.4. The van der Waals surface area contributed by atoms with Crippen molar-refractivity contribution in [3.8, 4) is 0 Å². The van der Waals surface area contributed by atoms with E-state index >= 15 is 0 Å². The minimum atomic E-state index is -0.456. The third-order valence-corrected chi connectivity index (χ3v) is 4.99. The van der Waals surface area contributed by atoms with Crippen molar-refractivity contribution < 1.29 is 14.6 Å². The normalized spacial score (nSPS) is 25.4. The molecule has 2 saturated heterocycles. The minimum absolute atomic E-state index is 0.0499. The van der Waals surface area contributed by atoms with Crippen LogP contribution in [0.4, 0.5) is 0 Å². The maximum absolute atomic E-state index is 12.4. The van der Waals surface area contributed by atoms with Crippen molar-refractivity contribution in [1.82, 2.24) is 19.6 Å². The molecule has 24 heavy (non-hydrogen) atoms. The molecule has 2 aliphatic heterocycles. The van der Waals surface area contributed by atoms with Gasteiger partial charge < -0.3 is 14.7 Å². The molecule has 0 aliphatic carbocycles. The Balaban J connectivity index is 1.46. The lowest BCUT2D eigenvalue weighted by atomic mass is 10.1. The van der Waals surface area contributed by atoms with E-state index in [2.05, 4.69) is 10.00 Å². The summed E-state index contributed by atoms with van der Waals surface area (Å²) in [5.41, 5.74) is 2.14. The highest BCUT2D eigenvalue weighted by Gasteiger charge is 2.37. The molecule has 2 aliphatic rings. The van der Waals surface area contributed by atoms with Gasteiger partial charge in [0.1, 0.15) is 0 Å². The molecule has 2 atom stereocenters. The Morgan fingerprint density at radius 3 is 2.75 bits per heavy atom. The van der Waals surface area contributed by atoms with Crippen LogP contribution in [0, 0.1) is 13.8 Å². The van der Waals surface area contributed by atoms with Crippen molar-refractivity contribution in [2.24, 2.45) is 0 Å². The van der Waals surface area contributed by atoms with Crippen LogP contribution in [0.25, 0.3) is 0 Å². The lowest BCUT2D eigenvalue weighted by Crippen LogP contribution is -2.49. The molecule has 0 bridgehead atoms. The largest absolute Gasteiger partial charge is 0.390 e. The smallest absolute Gasteiger partial charge is 0.222 e. The standard InChI is InChI=1S/C17H28N4O3/c1-13-10-14(2)21(18-13)5-3-4-17(23)20-11-15(16(22)12-20)19-6-8-24-9-7-19/h10,15-16,22H,3-9,11-12H2,1-2H3/t15-,16-/m1/s1. The number of ether oxygens (including phenoxy) is 1. The van der Waals surface area contributed by atoms with E-state index in [1.54, 1.807) is 0 Å². The van der Waals surface area contributed by atoms with Crippen LogP contribution in [0.1, 0.15) is 24.2 Å². The SMILES string of the molecule is Cc1cc(C)n(CCCC(=O)N2C[C@@H](O)[C@H](N3CCOCC3)C2)n1. The number of likely N-dealkylation sites (tertiary alicyclic amines) is 1. The van der Waals surface area contributed by atoms with Crippen molar-refractivity contribution >= 4 is 5.91 Å². The molecule has 0 spiro atoms. The number of carbonyl (C=O) groups excluding carboxylic acids is 1. The van der Waals surface area contributed by atoms with Gasteiger partial charge in [0.2, 0.25) is 5.91 Å². The van der Waals surface area contributed by atoms with E-state index in [0.29, 0.717) is 32.7 Å². The predicted molar refractivity (Wildman–Crippen MR) is 89.7 cm³/mol. The van der Waals surface area contributed by atoms with Gasteiger partial charge in [0, 0.05) is 44.8 Å². The van der Waals surface area contributed by atoms with E-state index in [0.717, 1.165) is 37.4 Å². The maximum Gasteiger partial charge on any atom is 0.222 e. The number of hydrogen-bond donors (Lipinski definition) is 1. The van der Waals surface area contributed by atoms with Crippen molar-refractivity contribution in [2.75, 3.05) is 39.4 Å². The average molecular weight is 336 g/mol. The molecule has 0 saturated carbocycles. The van der Waals surface area contributed by atoms with Crippen LogP contribution in [-0.2, 0) is 16.1 Å². The second kappa shape index (κ2) is 7.63. The fraction of sp³-hybridized carbons (Fsp3) is 0.765. The summed E-state index contributed by atoms with van der Waals surface area (Å²) >= 11 is 0. The van der Waals surface area contributed by atoms with Gasteiger partial charge in [-0.1, -0.05) is 0 Å². The van der Waals surface area contributed by atoms with Gasteiger partial charge in [-0.15, -0.1) is 0 Å². The zero-order valence-electron chi connectivity index (χ0n) is 14.6. The summed E-state index contributed by atoms with van der Waals surface area (Å²) in [6, 6.07) is 2.10. The Labute approximate surface area is 143 Å². The van der Waals surface area contributed by atoms with Gasteiger partial charge in [-0.05, 0) is 26.3 Å². The number of aryl methyl sites for hydroxylation is 3. The Morgan fingerprint density at radius 2 is 2.08 bits per heavy atom. The topological polar surface area (TPSA) is 70.8 Å². The molecule has 7 heteroatoms. The number of aliphatic hydroxyl groups is 1. The van der Waals surface area contributed by atoms with E-state index in [-0.39, 0.29) is 11.9 Å². The zero-order chi connectivity index (χ0) is 17.1. The van der Waals surface area contributed by atoms with Crippen molar-refractivity contribution in [3.05, 3.63) is 17.5 Å². The third-order valence-electron chi connectivity index (χ3n) is 4.99. The molecule has 2 fully saturated rings. The van der Waals surface area contributed by atoms with Crippen LogP contribution in [0.3, 0.4) is 0 Å². The average Bonchev–Trinajstić information content (AvgIpc) is 3.10. The van der Waals surface area contributed by atoms with Crippen molar-refractivity contribution in [3.63, 3.8) is 0 Å². The number of amides is 1. The number of carbonyl (C=O) groups is 1. The Bertz CT molecular complexity index is 568.